The van der Waals surface area contributed by atoms with Crippen molar-refractivity contribution in [1.29, 1.82) is 0 Å². The van der Waals surface area contributed by atoms with Crippen LogP contribution in [0.1, 0.15) is 18.5 Å². The minimum absolute atomic E-state index is 0.182. The summed E-state index contributed by atoms with van der Waals surface area (Å²) in [6, 6.07) is 11.9. The Kier molecular flexibility index (Phi) is 3.64. The Morgan fingerprint density at radius 2 is 1.94 bits per heavy atom. The van der Waals surface area contributed by atoms with Gasteiger partial charge in [-0.1, -0.05) is 12.1 Å². The minimum Gasteiger partial charge on any atom is -0.399 e. The molecule has 0 saturated carbocycles. The van der Waals surface area contributed by atoms with E-state index in [2.05, 4.69) is 33.2 Å². The van der Waals surface area contributed by atoms with Crippen LogP contribution in [0.25, 0.3) is 0 Å². The minimum atomic E-state index is 0.182. The first-order chi connectivity index (χ1) is 8.16. The number of anilines is 2. The topological polar surface area (TPSA) is 50.9 Å². The molecule has 88 valence electrons. The van der Waals surface area contributed by atoms with Gasteiger partial charge >= 0.3 is 0 Å². The highest BCUT2D eigenvalue weighted by molar-refractivity contribution is 9.10. The molecule has 0 aliphatic carbocycles. The number of hydrogen-bond donors (Lipinski definition) is 2. The van der Waals surface area contributed by atoms with Crippen molar-refractivity contribution in [2.45, 2.75) is 13.0 Å². The molecule has 1 unspecified atom stereocenters. The van der Waals surface area contributed by atoms with Crippen LogP contribution in [0.2, 0.25) is 0 Å². The summed E-state index contributed by atoms with van der Waals surface area (Å²) in [5, 5.41) is 3.35. The number of nitrogen functional groups attached to an aromatic ring is 1. The van der Waals surface area contributed by atoms with Crippen molar-refractivity contribution in [3.8, 4) is 0 Å². The van der Waals surface area contributed by atoms with E-state index in [4.69, 9.17) is 5.73 Å². The van der Waals surface area contributed by atoms with Crippen LogP contribution >= 0.6 is 15.9 Å². The summed E-state index contributed by atoms with van der Waals surface area (Å²) in [6.45, 7) is 2.09. The summed E-state index contributed by atoms with van der Waals surface area (Å²) < 4.78 is 0.960. The lowest BCUT2D eigenvalue weighted by Crippen LogP contribution is -2.08. The Morgan fingerprint density at radius 1 is 1.24 bits per heavy atom. The van der Waals surface area contributed by atoms with Gasteiger partial charge in [0.1, 0.15) is 5.82 Å². The van der Waals surface area contributed by atoms with Crippen LogP contribution < -0.4 is 11.1 Å². The highest BCUT2D eigenvalue weighted by Crippen LogP contribution is 2.24. The van der Waals surface area contributed by atoms with Gasteiger partial charge in [0.05, 0.1) is 4.47 Å². The summed E-state index contributed by atoms with van der Waals surface area (Å²) in [7, 11) is 0. The molecule has 1 atom stereocenters. The number of nitrogens with zero attached hydrogens (tertiary/aromatic N) is 1. The number of benzene rings is 1. The molecule has 0 amide bonds. The van der Waals surface area contributed by atoms with Gasteiger partial charge in [0, 0.05) is 17.9 Å². The second-order valence-electron chi connectivity index (χ2n) is 3.87. The molecule has 0 fully saturated rings. The second-order valence-corrected chi connectivity index (χ2v) is 4.72. The van der Waals surface area contributed by atoms with Crippen molar-refractivity contribution in [2.24, 2.45) is 0 Å². The molecule has 17 heavy (non-hydrogen) atoms. The Labute approximate surface area is 109 Å². The Balaban J connectivity index is 2.14. The third kappa shape index (κ3) is 2.97. The fourth-order valence-electron chi connectivity index (χ4n) is 1.56. The number of nitrogens with one attached hydrogen (secondary N) is 1. The van der Waals surface area contributed by atoms with E-state index in [-0.39, 0.29) is 6.04 Å². The first kappa shape index (κ1) is 11.9. The van der Waals surface area contributed by atoms with Crippen LogP contribution in [0.5, 0.6) is 0 Å². The Bertz CT molecular complexity index is 496. The molecule has 3 nitrogen and oxygen atoms in total. The molecule has 1 aromatic carbocycles. The molecule has 2 rings (SSSR count). The van der Waals surface area contributed by atoms with E-state index in [1.807, 2.05) is 36.4 Å². The van der Waals surface area contributed by atoms with Gasteiger partial charge < -0.3 is 11.1 Å². The van der Waals surface area contributed by atoms with Crippen molar-refractivity contribution in [3.63, 3.8) is 0 Å². The summed E-state index contributed by atoms with van der Waals surface area (Å²) in [5.41, 5.74) is 7.62. The molecule has 3 N–H and O–H groups in total. The zero-order valence-corrected chi connectivity index (χ0v) is 11.1. The first-order valence-corrected chi connectivity index (χ1v) is 6.18. The average molecular weight is 292 g/mol. The molecular weight excluding hydrogens is 278 g/mol. The molecule has 1 aromatic heterocycles. The van der Waals surface area contributed by atoms with Gasteiger partial charge in [0.2, 0.25) is 0 Å². The lowest BCUT2D eigenvalue weighted by molar-refractivity contribution is 0.873. The van der Waals surface area contributed by atoms with Crippen LogP contribution in [-0.2, 0) is 0 Å². The number of pyridine rings is 1. The molecule has 1 heterocycles. The average Bonchev–Trinajstić information content (AvgIpc) is 2.33. The monoisotopic (exact) mass is 291 g/mol. The van der Waals surface area contributed by atoms with E-state index < -0.39 is 0 Å². The number of aromatic nitrogens is 1. The standard InChI is InChI=1S/C13H14BrN3/c1-9(10-4-6-11(15)7-5-10)17-13-12(14)3-2-8-16-13/h2-9H,15H2,1H3,(H,16,17). The molecular formula is C13H14BrN3. The maximum absolute atomic E-state index is 5.66. The van der Waals surface area contributed by atoms with Crippen LogP contribution in [-0.4, -0.2) is 4.98 Å². The molecule has 4 heteroatoms. The predicted octanol–water partition coefficient (Wildman–Crippen LogP) is 3.60. The first-order valence-electron chi connectivity index (χ1n) is 5.39. The normalized spacial score (nSPS) is 12.1. The zero-order valence-electron chi connectivity index (χ0n) is 9.52. The third-order valence-corrected chi connectivity index (χ3v) is 3.19. The predicted molar refractivity (Wildman–Crippen MR) is 74.8 cm³/mol. The van der Waals surface area contributed by atoms with Crippen LogP contribution in [0.3, 0.4) is 0 Å². The second kappa shape index (κ2) is 5.19. The maximum Gasteiger partial charge on any atom is 0.140 e. The van der Waals surface area contributed by atoms with Crippen LogP contribution in [0.4, 0.5) is 11.5 Å². The van der Waals surface area contributed by atoms with E-state index in [0.29, 0.717) is 0 Å². The largest absolute Gasteiger partial charge is 0.399 e. The SMILES string of the molecule is CC(Nc1ncccc1Br)c1ccc(N)cc1. The molecule has 0 spiro atoms. The molecule has 0 bridgehead atoms. The highest BCUT2D eigenvalue weighted by Gasteiger charge is 2.07. The van der Waals surface area contributed by atoms with Gasteiger partial charge in [-0.3, -0.25) is 0 Å². The molecule has 0 saturated heterocycles. The lowest BCUT2D eigenvalue weighted by Gasteiger charge is -2.15. The molecule has 2 aromatic rings. The van der Waals surface area contributed by atoms with Crippen molar-refractivity contribution in [3.05, 3.63) is 52.6 Å². The summed E-state index contributed by atoms with van der Waals surface area (Å²) in [6.07, 6.45) is 1.77. The van der Waals surface area contributed by atoms with Crippen molar-refractivity contribution < 1.29 is 0 Å². The number of halogens is 1. The van der Waals surface area contributed by atoms with Gasteiger partial charge in [0.15, 0.2) is 0 Å². The zero-order chi connectivity index (χ0) is 12.3. The molecule has 0 aliphatic heterocycles. The third-order valence-electron chi connectivity index (χ3n) is 2.55. The Morgan fingerprint density at radius 3 is 2.59 bits per heavy atom. The van der Waals surface area contributed by atoms with E-state index >= 15 is 0 Å². The quantitative estimate of drug-likeness (QED) is 0.850. The van der Waals surface area contributed by atoms with E-state index in [9.17, 15) is 0 Å². The van der Waals surface area contributed by atoms with E-state index in [1.165, 1.54) is 5.56 Å². The smallest absolute Gasteiger partial charge is 0.140 e. The van der Waals surface area contributed by atoms with Gasteiger partial charge in [-0.25, -0.2) is 4.98 Å². The van der Waals surface area contributed by atoms with Gasteiger partial charge in [-0.05, 0) is 52.7 Å². The van der Waals surface area contributed by atoms with Crippen molar-refractivity contribution in [1.82, 2.24) is 4.98 Å². The number of rotatable bonds is 3. The van der Waals surface area contributed by atoms with Gasteiger partial charge in [-0.2, -0.15) is 0 Å². The molecule has 0 radical (unpaired) electrons. The van der Waals surface area contributed by atoms with Gasteiger partial charge in [-0.15, -0.1) is 0 Å². The van der Waals surface area contributed by atoms with Gasteiger partial charge in [0.25, 0.3) is 0 Å². The molecule has 0 aliphatic rings. The summed E-state index contributed by atoms with van der Waals surface area (Å²) in [5.74, 6) is 0.844. The number of hydrogen-bond acceptors (Lipinski definition) is 3. The highest BCUT2D eigenvalue weighted by atomic mass is 79.9. The van der Waals surface area contributed by atoms with E-state index in [1.54, 1.807) is 6.20 Å². The Hall–Kier alpha value is -1.55. The maximum atomic E-state index is 5.66. The van der Waals surface area contributed by atoms with E-state index in [0.717, 1.165) is 16.0 Å². The lowest BCUT2D eigenvalue weighted by atomic mass is 10.1. The van der Waals surface area contributed by atoms with Crippen molar-refractivity contribution in [2.75, 3.05) is 11.1 Å². The fraction of sp³-hybridized carbons (Fsp3) is 0.154. The summed E-state index contributed by atoms with van der Waals surface area (Å²) >= 11 is 3.46. The van der Waals surface area contributed by atoms with Crippen LogP contribution in [0, 0.1) is 0 Å². The summed E-state index contributed by atoms with van der Waals surface area (Å²) in [4.78, 5) is 4.28. The van der Waals surface area contributed by atoms with Crippen LogP contribution in [0.15, 0.2) is 47.1 Å². The fourth-order valence-corrected chi connectivity index (χ4v) is 1.93. The van der Waals surface area contributed by atoms with Crippen molar-refractivity contribution >= 4 is 27.4 Å². The number of nitrogens with two attached hydrogens (primary N) is 1.